The van der Waals surface area contributed by atoms with Crippen molar-refractivity contribution in [3.8, 4) is 5.75 Å². The summed E-state index contributed by atoms with van der Waals surface area (Å²) in [4.78, 5) is 2.50. The lowest BCUT2D eigenvalue weighted by atomic mass is 9.95. The Bertz CT molecular complexity index is 373. The van der Waals surface area contributed by atoms with Crippen LogP contribution in [0.15, 0.2) is 24.3 Å². The molecule has 0 spiro atoms. The maximum absolute atomic E-state index is 6.00. The summed E-state index contributed by atoms with van der Waals surface area (Å²) in [5.41, 5.74) is 7.22. The molecule has 1 atom stereocenters. The van der Waals surface area contributed by atoms with E-state index in [2.05, 4.69) is 24.0 Å². The van der Waals surface area contributed by atoms with Crippen LogP contribution in [-0.2, 0) is 0 Å². The molecule has 3 nitrogen and oxygen atoms in total. The van der Waals surface area contributed by atoms with Gasteiger partial charge in [-0.2, -0.15) is 0 Å². The number of para-hydroxylation sites is 1. The highest BCUT2D eigenvalue weighted by atomic mass is 16.5. The summed E-state index contributed by atoms with van der Waals surface area (Å²) in [5.74, 6) is 1.80. The molecule has 1 aromatic carbocycles. The van der Waals surface area contributed by atoms with Gasteiger partial charge in [0.25, 0.3) is 0 Å². The highest BCUT2D eigenvalue weighted by Crippen LogP contribution is 2.31. The summed E-state index contributed by atoms with van der Waals surface area (Å²) in [6.07, 6.45) is 2.54. The van der Waals surface area contributed by atoms with Crippen molar-refractivity contribution in [2.45, 2.75) is 25.8 Å². The van der Waals surface area contributed by atoms with E-state index in [4.69, 9.17) is 10.5 Å². The van der Waals surface area contributed by atoms with Gasteiger partial charge in [-0.1, -0.05) is 25.1 Å². The van der Waals surface area contributed by atoms with Crippen LogP contribution in [0.4, 0.5) is 0 Å². The summed E-state index contributed by atoms with van der Waals surface area (Å²) >= 11 is 0. The van der Waals surface area contributed by atoms with E-state index < -0.39 is 0 Å². The second kappa shape index (κ2) is 6.21. The summed E-state index contributed by atoms with van der Waals surface area (Å²) in [6.45, 7) is 5.26. The van der Waals surface area contributed by atoms with Gasteiger partial charge in [-0.25, -0.2) is 0 Å². The van der Waals surface area contributed by atoms with Crippen LogP contribution in [0, 0.1) is 5.92 Å². The maximum Gasteiger partial charge on any atom is 0.123 e. The van der Waals surface area contributed by atoms with Crippen LogP contribution in [0.5, 0.6) is 5.75 Å². The number of nitrogens with two attached hydrogens (primary N) is 1. The first-order valence-corrected chi connectivity index (χ1v) is 6.83. The lowest BCUT2D eigenvalue weighted by Crippen LogP contribution is -2.39. The SMILES string of the molecule is COc1ccccc1C(CN)N1CCC(C)CC1. The Morgan fingerprint density at radius 3 is 2.61 bits per heavy atom. The molecular formula is C15H24N2O. The number of benzene rings is 1. The average Bonchev–Trinajstić information content (AvgIpc) is 2.42. The Morgan fingerprint density at radius 2 is 2.00 bits per heavy atom. The number of hydrogen-bond acceptors (Lipinski definition) is 3. The third kappa shape index (κ3) is 2.85. The molecule has 1 aliphatic heterocycles. The Morgan fingerprint density at radius 1 is 1.33 bits per heavy atom. The van der Waals surface area contributed by atoms with Crippen LogP contribution in [0.25, 0.3) is 0 Å². The fraction of sp³-hybridized carbons (Fsp3) is 0.600. The molecule has 1 aromatic rings. The largest absolute Gasteiger partial charge is 0.496 e. The van der Waals surface area contributed by atoms with Crippen LogP contribution in [0.1, 0.15) is 31.4 Å². The zero-order valence-electron chi connectivity index (χ0n) is 11.4. The van der Waals surface area contributed by atoms with E-state index in [1.807, 2.05) is 12.1 Å². The minimum Gasteiger partial charge on any atom is -0.496 e. The molecule has 1 aliphatic rings. The van der Waals surface area contributed by atoms with Crippen molar-refractivity contribution in [2.75, 3.05) is 26.7 Å². The lowest BCUT2D eigenvalue weighted by Gasteiger charge is -2.36. The molecule has 1 unspecified atom stereocenters. The van der Waals surface area contributed by atoms with E-state index in [1.165, 1.54) is 18.4 Å². The van der Waals surface area contributed by atoms with Crippen LogP contribution in [0.2, 0.25) is 0 Å². The Labute approximate surface area is 110 Å². The predicted octanol–water partition coefficient (Wildman–Crippen LogP) is 2.43. The van der Waals surface area contributed by atoms with Crippen molar-refractivity contribution in [3.05, 3.63) is 29.8 Å². The zero-order chi connectivity index (χ0) is 13.0. The van der Waals surface area contributed by atoms with Gasteiger partial charge in [0.1, 0.15) is 5.75 Å². The maximum atomic E-state index is 6.00. The Hall–Kier alpha value is -1.06. The molecule has 0 radical (unpaired) electrons. The average molecular weight is 248 g/mol. The first-order valence-electron chi connectivity index (χ1n) is 6.83. The molecule has 0 aliphatic carbocycles. The second-order valence-electron chi connectivity index (χ2n) is 5.21. The zero-order valence-corrected chi connectivity index (χ0v) is 11.4. The number of likely N-dealkylation sites (tertiary alicyclic amines) is 1. The number of ether oxygens (including phenoxy) is 1. The minimum atomic E-state index is 0.286. The van der Waals surface area contributed by atoms with Gasteiger partial charge in [0, 0.05) is 12.1 Å². The third-order valence-corrected chi connectivity index (χ3v) is 3.98. The molecule has 1 fully saturated rings. The van der Waals surface area contributed by atoms with Gasteiger partial charge in [0.15, 0.2) is 0 Å². The van der Waals surface area contributed by atoms with Gasteiger partial charge >= 0.3 is 0 Å². The summed E-state index contributed by atoms with van der Waals surface area (Å²) < 4.78 is 5.46. The number of hydrogen-bond donors (Lipinski definition) is 1. The molecule has 1 heterocycles. The molecule has 1 saturated heterocycles. The molecule has 100 valence electrons. The van der Waals surface area contributed by atoms with E-state index in [0.29, 0.717) is 6.54 Å². The van der Waals surface area contributed by atoms with E-state index in [1.54, 1.807) is 7.11 Å². The Kier molecular flexibility index (Phi) is 4.61. The van der Waals surface area contributed by atoms with E-state index in [-0.39, 0.29) is 6.04 Å². The van der Waals surface area contributed by atoms with Gasteiger partial charge in [0.05, 0.1) is 13.2 Å². The lowest BCUT2D eigenvalue weighted by molar-refractivity contribution is 0.139. The van der Waals surface area contributed by atoms with E-state index >= 15 is 0 Å². The molecule has 0 bridgehead atoms. The van der Waals surface area contributed by atoms with Crippen molar-refractivity contribution in [3.63, 3.8) is 0 Å². The van der Waals surface area contributed by atoms with E-state index in [0.717, 1.165) is 24.8 Å². The summed E-state index contributed by atoms with van der Waals surface area (Å²) in [7, 11) is 1.73. The molecule has 2 N–H and O–H groups in total. The van der Waals surface area contributed by atoms with Gasteiger partial charge in [-0.15, -0.1) is 0 Å². The van der Waals surface area contributed by atoms with Crippen molar-refractivity contribution < 1.29 is 4.74 Å². The number of methoxy groups -OCH3 is 1. The first-order chi connectivity index (χ1) is 8.76. The molecule has 0 saturated carbocycles. The molecule has 2 rings (SSSR count). The highest BCUT2D eigenvalue weighted by molar-refractivity contribution is 5.36. The summed E-state index contributed by atoms with van der Waals surface area (Å²) in [5, 5.41) is 0. The molecule has 0 aromatic heterocycles. The first kappa shape index (κ1) is 13.4. The van der Waals surface area contributed by atoms with Crippen molar-refractivity contribution in [1.29, 1.82) is 0 Å². The fourth-order valence-electron chi connectivity index (χ4n) is 2.75. The number of piperidine rings is 1. The smallest absolute Gasteiger partial charge is 0.123 e. The van der Waals surface area contributed by atoms with Gasteiger partial charge in [-0.3, -0.25) is 4.90 Å². The van der Waals surface area contributed by atoms with Crippen molar-refractivity contribution >= 4 is 0 Å². The van der Waals surface area contributed by atoms with Crippen LogP contribution in [0.3, 0.4) is 0 Å². The predicted molar refractivity (Wildman–Crippen MR) is 74.8 cm³/mol. The third-order valence-electron chi connectivity index (χ3n) is 3.98. The van der Waals surface area contributed by atoms with Gasteiger partial charge in [-0.05, 0) is 37.9 Å². The highest BCUT2D eigenvalue weighted by Gasteiger charge is 2.25. The molecule has 18 heavy (non-hydrogen) atoms. The quantitative estimate of drug-likeness (QED) is 0.889. The van der Waals surface area contributed by atoms with Crippen molar-refractivity contribution in [2.24, 2.45) is 11.7 Å². The fourth-order valence-corrected chi connectivity index (χ4v) is 2.75. The van der Waals surface area contributed by atoms with Crippen LogP contribution >= 0.6 is 0 Å². The number of nitrogens with zero attached hydrogens (tertiary/aromatic N) is 1. The summed E-state index contributed by atoms with van der Waals surface area (Å²) in [6, 6.07) is 8.51. The van der Waals surface area contributed by atoms with Crippen LogP contribution < -0.4 is 10.5 Å². The normalized spacial score (nSPS) is 19.7. The molecule has 0 amide bonds. The van der Waals surface area contributed by atoms with E-state index in [9.17, 15) is 0 Å². The standard InChI is InChI=1S/C15H24N2O/c1-12-7-9-17(10-8-12)14(11-16)13-5-3-4-6-15(13)18-2/h3-6,12,14H,7-11,16H2,1-2H3. The number of rotatable bonds is 4. The molecule has 3 heteroatoms. The topological polar surface area (TPSA) is 38.5 Å². The minimum absolute atomic E-state index is 0.286. The molecular weight excluding hydrogens is 224 g/mol. The second-order valence-corrected chi connectivity index (χ2v) is 5.21. The van der Waals surface area contributed by atoms with Gasteiger partial charge < -0.3 is 10.5 Å². The van der Waals surface area contributed by atoms with Gasteiger partial charge in [0.2, 0.25) is 0 Å². The van der Waals surface area contributed by atoms with Crippen molar-refractivity contribution in [1.82, 2.24) is 4.90 Å². The van der Waals surface area contributed by atoms with Crippen LogP contribution in [-0.4, -0.2) is 31.6 Å². The monoisotopic (exact) mass is 248 g/mol. The Balaban J connectivity index is 2.17.